The van der Waals surface area contributed by atoms with Crippen LogP contribution in [0.5, 0.6) is 0 Å². The number of hydrogen-bond acceptors (Lipinski definition) is 5. The van der Waals surface area contributed by atoms with Gasteiger partial charge in [0.05, 0.1) is 15.6 Å². The maximum atomic E-state index is 13.2. The predicted octanol–water partition coefficient (Wildman–Crippen LogP) is 4.20. The van der Waals surface area contributed by atoms with Crippen molar-refractivity contribution in [1.82, 2.24) is 19.5 Å². The third-order valence-electron chi connectivity index (χ3n) is 6.00. The first kappa shape index (κ1) is 22.4. The van der Waals surface area contributed by atoms with E-state index >= 15 is 0 Å². The van der Waals surface area contributed by atoms with E-state index in [4.69, 9.17) is 11.6 Å². The molecular formula is C24H22ClN5O3S. The number of hydrogen-bond donors (Lipinski definition) is 1. The molecule has 5 rings (SSSR count). The summed E-state index contributed by atoms with van der Waals surface area (Å²) in [6, 6.07) is 18.4. The maximum absolute atomic E-state index is 13.2. The number of sulfonamides is 1. The van der Waals surface area contributed by atoms with Crippen LogP contribution in [-0.4, -0.2) is 46.9 Å². The standard InChI is InChI=1S/C24H22ClN5O3S/c25-20-8-1-2-9-21(20)28-34(32,33)19-7-5-6-18(16-19)24(31)29-14-11-17(12-15-29)23-27-26-22-10-3-4-13-30(22)23/h1-10,13,16-17,28H,11-12,14-15H2. The van der Waals surface area contributed by atoms with Gasteiger partial charge in [-0.15, -0.1) is 10.2 Å². The van der Waals surface area contributed by atoms with Crippen LogP contribution >= 0.6 is 11.6 Å². The lowest BCUT2D eigenvalue weighted by atomic mass is 9.95. The third kappa shape index (κ3) is 4.36. The molecule has 8 nitrogen and oxygen atoms in total. The van der Waals surface area contributed by atoms with Gasteiger partial charge in [0.2, 0.25) is 0 Å². The van der Waals surface area contributed by atoms with Crippen molar-refractivity contribution in [3.8, 4) is 0 Å². The predicted molar refractivity (Wildman–Crippen MR) is 130 cm³/mol. The zero-order valence-electron chi connectivity index (χ0n) is 18.1. The first-order chi connectivity index (χ1) is 16.4. The average molecular weight is 496 g/mol. The summed E-state index contributed by atoms with van der Waals surface area (Å²) in [6.45, 7) is 1.11. The number of pyridine rings is 1. The molecule has 0 bridgehead atoms. The number of para-hydroxylation sites is 1. The average Bonchev–Trinajstić information content (AvgIpc) is 3.29. The van der Waals surface area contributed by atoms with E-state index in [1.807, 2.05) is 28.8 Å². The van der Waals surface area contributed by atoms with Gasteiger partial charge in [-0.3, -0.25) is 13.9 Å². The number of nitrogens with one attached hydrogen (secondary N) is 1. The first-order valence-electron chi connectivity index (χ1n) is 10.9. The highest BCUT2D eigenvalue weighted by molar-refractivity contribution is 7.92. The van der Waals surface area contributed by atoms with E-state index in [1.54, 1.807) is 41.3 Å². The number of nitrogens with zero attached hydrogens (tertiary/aromatic N) is 4. The van der Waals surface area contributed by atoms with E-state index in [1.165, 1.54) is 12.1 Å². The van der Waals surface area contributed by atoms with Gasteiger partial charge < -0.3 is 4.90 Å². The van der Waals surface area contributed by atoms with Crippen molar-refractivity contribution in [2.24, 2.45) is 0 Å². The Morgan fingerprint density at radius 3 is 2.53 bits per heavy atom. The molecule has 1 aliphatic heterocycles. The van der Waals surface area contributed by atoms with Crippen molar-refractivity contribution in [3.63, 3.8) is 0 Å². The van der Waals surface area contributed by atoms with Crippen molar-refractivity contribution in [3.05, 3.63) is 89.3 Å². The van der Waals surface area contributed by atoms with Crippen LogP contribution in [0.4, 0.5) is 5.69 Å². The number of piperidine rings is 1. The lowest BCUT2D eigenvalue weighted by molar-refractivity contribution is 0.0710. The topological polar surface area (TPSA) is 96.7 Å². The molecule has 1 fully saturated rings. The summed E-state index contributed by atoms with van der Waals surface area (Å²) >= 11 is 6.08. The van der Waals surface area contributed by atoms with Gasteiger partial charge in [-0.2, -0.15) is 0 Å². The molecule has 1 N–H and O–H groups in total. The molecule has 10 heteroatoms. The van der Waals surface area contributed by atoms with Gasteiger partial charge in [0, 0.05) is 30.8 Å². The minimum atomic E-state index is -3.90. The molecule has 1 saturated heterocycles. The molecule has 0 radical (unpaired) electrons. The van der Waals surface area contributed by atoms with Gasteiger partial charge in [-0.1, -0.05) is 35.9 Å². The molecule has 1 amide bonds. The molecule has 4 aromatic rings. The van der Waals surface area contributed by atoms with E-state index in [2.05, 4.69) is 14.9 Å². The molecule has 0 aliphatic carbocycles. The summed E-state index contributed by atoms with van der Waals surface area (Å²) in [7, 11) is -3.90. The van der Waals surface area contributed by atoms with Gasteiger partial charge in [0.1, 0.15) is 5.82 Å². The number of halogens is 1. The third-order valence-corrected chi connectivity index (χ3v) is 7.69. The Morgan fingerprint density at radius 2 is 1.74 bits per heavy atom. The zero-order valence-corrected chi connectivity index (χ0v) is 19.7. The Labute approximate surface area is 202 Å². The quantitative estimate of drug-likeness (QED) is 0.447. The van der Waals surface area contributed by atoms with E-state index in [0.717, 1.165) is 24.3 Å². The number of amides is 1. The van der Waals surface area contributed by atoms with Crippen molar-refractivity contribution < 1.29 is 13.2 Å². The molecular weight excluding hydrogens is 474 g/mol. The summed E-state index contributed by atoms with van der Waals surface area (Å²) in [5.74, 6) is 0.911. The van der Waals surface area contributed by atoms with E-state index in [0.29, 0.717) is 23.7 Å². The van der Waals surface area contributed by atoms with Gasteiger partial charge in [-0.05, 0) is 55.3 Å². The fourth-order valence-electron chi connectivity index (χ4n) is 4.21. The molecule has 1 aliphatic rings. The summed E-state index contributed by atoms with van der Waals surface area (Å²) < 4.78 is 30.2. The molecule has 0 atom stereocenters. The van der Waals surface area contributed by atoms with Crippen LogP contribution in [0.15, 0.2) is 77.8 Å². The van der Waals surface area contributed by atoms with Crippen molar-refractivity contribution in [2.45, 2.75) is 23.7 Å². The van der Waals surface area contributed by atoms with E-state index in [9.17, 15) is 13.2 Å². The SMILES string of the molecule is O=C(c1cccc(S(=O)(=O)Nc2ccccc2Cl)c1)N1CCC(c2nnc3ccccn23)CC1. The molecule has 3 heterocycles. The number of carbonyl (C=O) groups excluding carboxylic acids is 1. The zero-order chi connectivity index (χ0) is 23.7. The molecule has 0 spiro atoms. The van der Waals surface area contributed by atoms with E-state index in [-0.39, 0.29) is 22.4 Å². The van der Waals surface area contributed by atoms with Crippen LogP contribution in [-0.2, 0) is 10.0 Å². The van der Waals surface area contributed by atoms with Crippen LogP contribution < -0.4 is 4.72 Å². The summed E-state index contributed by atoms with van der Waals surface area (Å²) in [5, 5.41) is 8.87. The Hall–Kier alpha value is -3.43. The molecule has 0 unspecified atom stereocenters. The second-order valence-electron chi connectivity index (χ2n) is 8.17. The highest BCUT2D eigenvalue weighted by atomic mass is 35.5. The number of likely N-dealkylation sites (tertiary alicyclic amines) is 1. The van der Waals surface area contributed by atoms with Gasteiger partial charge in [0.25, 0.3) is 15.9 Å². The minimum Gasteiger partial charge on any atom is -0.339 e. The summed E-state index contributed by atoms with van der Waals surface area (Å²) in [5.41, 5.74) is 1.41. The number of aromatic nitrogens is 3. The molecule has 2 aromatic heterocycles. The minimum absolute atomic E-state index is 0.00286. The Morgan fingerprint density at radius 1 is 0.971 bits per heavy atom. The van der Waals surface area contributed by atoms with E-state index < -0.39 is 10.0 Å². The first-order valence-corrected chi connectivity index (χ1v) is 12.7. The monoisotopic (exact) mass is 495 g/mol. The van der Waals surface area contributed by atoms with Crippen LogP contribution in [0.1, 0.15) is 34.9 Å². The molecule has 2 aromatic carbocycles. The fourth-order valence-corrected chi connectivity index (χ4v) is 5.57. The Balaban J connectivity index is 1.29. The summed E-state index contributed by atoms with van der Waals surface area (Å²) in [6.07, 6.45) is 3.46. The van der Waals surface area contributed by atoms with Crippen LogP contribution in [0.3, 0.4) is 0 Å². The van der Waals surface area contributed by atoms with Gasteiger partial charge >= 0.3 is 0 Å². The van der Waals surface area contributed by atoms with Crippen LogP contribution in [0.2, 0.25) is 5.02 Å². The molecule has 174 valence electrons. The highest BCUT2D eigenvalue weighted by Gasteiger charge is 2.28. The second kappa shape index (κ2) is 9.08. The summed E-state index contributed by atoms with van der Waals surface area (Å²) in [4.78, 5) is 14.9. The van der Waals surface area contributed by atoms with Gasteiger partial charge in [-0.25, -0.2) is 8.42 Å². The lowest BCUT2D eigenvalue weighted by Crippen LogP contribution is -2.38. The number of fused-ring (bicyclic) bond motifs is 1. The van der Waals surface area contributed by atoms with Crippen molar-refractivity contribution >= 4 is 38.9 Å². The maximum Gasteiger partial charge on any atom is 0.261 e. The van der Waals surface area contributed by atoms with Crippen LogP contribution in [0, 0.1) is 0 Å². The molecule has 0 saturated carbocycles. The number of benzene rings is 2. The normalized spacial score (nSPS) is 14.9. The Bertz CT molecular complexity index is 1460. The van der Waals surface area contributed by atoms with Gasteiger partial charge in [0.15, 0.2) is 5.65 Å². The highest BCUT2D eigenvalue weighted by Crippen LogP contribution is 2.29. The number of rotatable bonds is 5. The Kier molecular flexibility index (Phi) is 5.97. The number of anilines is 1. The lowest BCUT2D eigenvalue weighted by Gasteiger charge is -2.31. The van der Waals surface area contributed by atoms with Crippen molar-refractivity contribution in [1.29, 1.82) is 0 Å². The van der Waals surface area contributed by atoms with Crippen LogP contribution in [0.25, 0.3) is 5.65 Å². The smallest absolute Gasteiger partial charge is 0.261 e. The number of carbonyl (C=O) groups is 1. The largest absolute Gasteiger partial charge is 0.339 e. The fraction of sp³-hybridized carbons (Fsp3) is 0.208. The van der Waals surface area contributed by atoms with Crippen molar-refractivity contribution in [2.75, 3.05) is 17.8 Å². The molecule has 34 heavy (non-hydrogen) atoms. The second-order valence-corrected chi connectivity index (χ2v) is 10.3.